The molecule has 4 nitrogen and oxygen atoms in total. The van der Waals surface area contributed by atoms with Crippen LogP contribution < -0.4 is 5.73 Å². The lowest BCUT2D eigenvalue weighted by Crippen LogP contribution is -2.33. The van der Waals surface area contributed by atoms with Crippen molar-refractivity contribution in [3.05, 3.63) is 23.9 Å². The molecule has 4 heteroatoms. The van der Waals surface area contributed by atoms with Gasteiger partial charge in [0.25, 0.3) is 0 Å². The van der Waals surface area contributed by atoms with Gasteiger partial charge in [-0.25, -0.2) is 4.98 Å². The van der Waals surface area contributed by atoms with Crippen molar-refractivity contribution in [2.75, 3.05) is 5.73 Å². The molecule has 0 saturated carbocycles. The van der Waals surface area contributed by atoms with Gasteiger partial charge >= 0.3 is 0 Å². The van der Waals surface area contributed by atoms with Crippen LogP contribution in [0.1, 0.15) is 32.3 Å². The van der Waals surface area contributed by atoms with Crippen molar-refractivity contribution in [1.29, 1.82) is 0 Å². The van der Waals surface area contributed by atoms with E-state index in [2.05, 4.69) is 18.8 Å². The Morgan fingerprint density at radius 2 is 2.06 bits per heavy atom. The van der Waals surface area contributed by atoms with E-state index in [1.165, 1.54) is 0 Å². The normalized spacial score (nSPS) is 29.2. The monoisotopic (exact) mass is 236 g/mol. The van der Waals surface area contributed by atoms with Crippen molar-refractivity contribution >= 4 is 5.82 Å². The van der Waals surface area contributed by atoms with Crippen LogP contribution in [-0.2, 0) is 16.1 Å². The van der Waals surface area contributed by atoms with Crippen LogP contribution in [0.4, 0.5) is 5.82 Å². The topological polar surface area (TPSA) is 57.4 Å². The molecule has 0 aliphatic carbocycles. The van der Waals surface area contributed by atoms with E-state index in [0.29, 0.717) is 12.4 Å². The van der Waals surface area contributed by atoms with Gasteiger partial charge in [0.15, 0.2) is 0 Å². The Morgan fingerprint density at radius 1 is 1.35 bits per heavy atom. The maximum Gasteiger partial charge on any atom is 0.123 e. The molecule has 0 bridgehead atoms. The first-order chi connectivity index (χ1) is 8.13. The Labute approximate surface area is 102 Å². The summed E-state index contributed by atoms with van der Waals surface area (Å²) in [5, 5.41) is 0. The first kappa shape index (κ1) is 12.3. The van der Waals surface area contributed by atoms with Crippen LogP contribution in [-0.4, -0.2) is 23.3 Å². The molecule has 1 aromatic heterocycles. The number of nitrogens with zero attached hydrogens (tertiary/aromatic N) is 1. The fourth-order valence-electron chi connectivity index (χ4n) is 2.22. The molecule has 2 N–H and O–H groups in total. The van der Waals surface area contributed by atoms with Crippen LogP contribution in [0.5, 0.6) is 0 Å². The predicted octanol–water partition coefficient (Wildman–Crippen LogP) is 2.14. The summed E-state index contributed by atoms with van der Waals surface area (Å²) in [6, 6.07) is 3.75. The Hall–Kier alpha value is -1.13. The maximum atomic E-state index is 5.89. The number of pyridine rings is 1. The molecule has 17 heavy (non-hydrogen) atoms. The standard InChI is InChI=1S/C13H20N2O2/c1-9-5-12(6-10(2)17-9)16-8-11-3-4-13(14)15-7-11/h3-4,7,9-10,12H,5-6,8H2,1-2H3,(H2,14,15). The van der Waals surface area contributed by atoms with Crippen molar-refractivity contribution in [1.82, 2.24) is 4.98 Å². The highest BCUT2D eigenvalue weighted by molar-refractivity contribution is 5.28. The van der Waals surface area contributed by atoms with Crippen LogP contribution in [0, 0.1) is 0 Å². The van der Waals surface area contributed by atoms with Crippen molar-refractivity contribution in [3.63, 3.8) is 0 Å². The van der Waals surface area contributed by atoms with E-state index < -0.39 is 0 Å². The fraction of sp³-hybridized carbons (Fsp3) is 0.615. The summed E-state index contributed by atoms with van der Waals surface area (Å²) < 4.78 is 11.6. The average Bonchev–Trinajstić information content (AvgIpc) is 2.27. The number of rotatable bonds is 3. The highest BCUT2D eigenvalue weighted by atomic mass is 16.5. The van der Waals surface area contributed by atoms with Gasteiger partial charge in [0.05, 0.1) is 24.9 Å². The average molecular weight is 236 g/mol. The minimum absolute atomic E-state index is 0.284. The first-order valence-corrected chi connectivity index (χ1v) is 6.11. The number of nitrogens with two attached hydrogens (primary N) is 1. The summed E-state index contributed by atoms with van der Waals surface area (Å²) >= 11 is 0. The van der Waals surface area contributed by atoms with Crippen LogP contribution >= 0.6 is 0 Å². The molecular formula is C13H20N2O2. The summed E-state index contributed by atoms with van der Waals surface area (Å²) in [4.78, 5) is 4.05. The lowest BCUT2D eigenvalue weighted by atomic mass is 10.0. The molecule has 1 aliphatic rings. The molecule has 0 radical (unpaired) electrons. The molecule has 94 valence electrons. The van der Waals surface area contributed by atoms with E-state index in [1.54, 1.807) is 12.3 Å². The summed E-state index contributed by atoms with van der Waals surface area (Å²) in [6.07, 6.45) is 4.55. The minimum atomic E-state index is 0.284. The van der Waals surface area contributed by atoms with Gasteiger partial charge in [-0.1, -0.05) is 6.07 Å². The highest BCUT2D eigenvalue weighted by Crippen LogP contribution is 2.22. The van der Waals surface area contributed by atoms with Crippen LogP contribution in [0.25, 0.3) is 0 Å². The lowest BCUT2D eigenvalue weighted by Gasteiger charge is -2.31. The number of ether oxygens (including phenoxy) is 2. The molecule has 1 aromatic rings. The Kier molecular flexibility index (Phi) is 3.97. The predicted molar refractivity (Wildman–Crippen MR) is 66.5 cm³/mol. The maximum absolute atomic E-state index is 5.89. The smallest absolute Gasteiger partial charge is 0.123 e. The number of anilines is 1. The third-order valence-corrected chi connectivity index (χ3v) is 2.99. The van der Waals surface area contributed by atoms with Gasteiger partial charge in [0.1, 0.15) is 5.82 Å². The van der Waals surface area contributed by atoms with Gasteiger partial charge in [-0.3, -0.25) is 0 Å². The zero-order valence-electron chi connectivity index (χ0n) is 10.4. The molecule has 1 fully saturated rings. The van der Waals surface area contributed by atoms with Gasteiger partial charge in [-0.05, 0) is 38.3 Å². The van der Waals surface area contributed by atoms with E-state index in [1.807, 2.05) is 6.07 Å². The number of nitrogen functional groups attached to an aromatic ring is 1. The first-order valence-electron chi connectivity index (χ1n) is 6.11. The van der Waals surface area contributed by atoms with Crippen molar-refractivity contribution in [2.24, 2.45) is 0 Å². The summed E-state index contributed by atoms with van der Waals surface area (Å²) in [7, 11) is 0. The van der Waals surface area contributed by atoms with Gasteiger partial charge in [-0.2, -0.15) is 0 Å². The Balaban J connectivity index is 1.83. The Morgan fingerprint density at radius 3 is 2.65 bits per heavy atom. The molecule has 0 spiro atoms. The van der Waals surface area contributed by atoms with E-state index in [0.717, 1.165) is 18.4 Å². The van der Waals surface area contributed by atoms with Crippen molar-refractivity contribution in [3.8, 4) is 0 Å². The van der Waals surface area contributed by atoms with E-state index >= 15 is 0 Å². The van der Waals surface area contributed by atoms with E-state index in [9.17, 15) is 0 Å². The van der Waals surface area contributed by atoms with Crippen LogP contribution in [0.2, 0.25) is 0 Å². The molecule has 2 unspecified atom stereocenters. The summed E-state index contributed by atoms with van der Waals surface area (Å²) in [5.41, 5.74) is 6.59. The molecule has 2 heterocycles. The van der Waals surface area contributed by atoms with E-state index in [4.69, 9.17) is 15.2 Å². The molecular weight excluding hydrogens is 216 g/mol. The third kappa shape index (κ3) is 3.68. The van der Waals surface area contributed by atoms with Crippen LogP contribution in [0.3, 0.4) is 0 Å². The van der Waals surface area contributed by atoms with Gasteiger partial charge in [-0.15, -0.1) is 0 Å². The summed E-state index contributed by atoms with van der Waals surface area (Å²) in [5.74, 6) is 0.544. The number of aromatic nitrogens is 1. The molecule has 0 amide bonds. The third-order valence-electron chi connectivity index (χ3n) is 2.99. The van der Waals surface area contributed by atoms with Crippen molar-refractivity contribution < 1.29 is 9.47 Å². The van der Waals surface area contributed by atoms with Gasteiger partial charge < -0.3 is 15.2 Å². The zero-order valence-corrected chi connectivity index (χ0v) is 10.4. The number of hydrogen-bond donors (Lipinski definition) is 1. The lowest BCUT2D eigenvalue weighted by molar-refractivity contribution is -0.106. The summed E-state index contributed by atoms with van der Waals surface area (Å²) in [6.45, 7) is 4.78. The largest absolute Gasteiger partial charge is 0.384 e. The SMILES string of the molecule is CC1CC(OCc2ccc(N)nc2)CC(C)O1. The minimum Gasteiger partial charge on any atom is -0.384 e. The highest BCUT2D eigenvalue weighted by Gasteiger charge is 2.24. The van der Waals surface area contributed by atoms with Crippen LogP contribution in [0.15, 0.2) is 18.3 Å². The fourth-order valence-corrected chi connectivity index (χ4v) is 2.22. The van der Waals surface area contributed by atoms with Gasteiger partial charge in [0.2, 0.25) is 0 Å². The Bertz CT molecular complexity index is 343. The molecule has 1 aliphatic heterocycles. The second kappa shape index (κ2) is 5.47. The second-order valence-corrected chi connectivity index (χ2v) is 4.75. The van der Waals surface area contributed by atoms with Gasteiger partial charge in [0, 0.05) is 6.20 Å². The second-order valence-electron chi connectivity index (χ2n) is 4.75. The molecule has 0 aromatic carbocycles. The molecule has 2 atom stereocenters. The quantitative estimate of drug-likeness (QED) is 0.873. The molecule has 2 rings (SSSR count). The van der Waals surface area contributed by atoms with Crippen molar-refractivity contribution in [2.45, 2.75) is 51.6 Å². The zero-order chi connectivity index (χ0) is 12.3. The molecule has 1 saturated heterocycles. The van der Waals surface area contributed by atoms with E-state index in [-0.39, 0.29) is 18.3 Å². The number of hydrogen-bond acceptors (Lipinski definition) is 4.